The van der Waals surface area contributed by atoms with Crippen molar-refractivity contribution in [2.75, 3.05) is 13.1 Å². The first kappa shape index (κ1) is 17.2. The Morgan fingerprint density at radius 2 is 1.95 bits per heavy atom. The normalized spacial score (nSPS) is 11.0. The number of benzene rings is 1. The molecule has 0 aliphatic heterocycles. The maximum Gasteiger partial charge on any atom is 0.251 e. The number of nitrogens with one attached hydrogen (secondary N) is 2. The predicted molar refractivity (Wildman–Crippen MR) is 88.1 cm³/mol. The lowest BCUT2D eigenvalue weighted by Gasteiger charge is -2.06. The first-order valence-corrected chi connectivity index (χ1v) is 7.53. The van der Waals surface area contributed by atoms with Crippen LogP contribution >= 0.6 is 15.9 Å². The lowest BCUT2D eigenvalue weighted by molar-refractivity contribution is -0.116. The largest absolute Gasteiger partial charge is 0.352 e. The summed E-state index contributed by atoms with van der Waals surface area (Å²) in [4.78, 5) is 23.2. The summed E-state index contributed by atoms with van der Waals surface area (Å²) in [6, 6.07) is 7.21. The smallest absolute Gasteiger partial charge is 0.251 e. The van der Waals surface area contributed by atoms with Gasteiger partial charge in [-0.15, -0.1) is 0 Å². The Hall–Kier alpha value is -1.88. The van der Waals surface area contributed by atoms with Crippen molar-refractivity contribution < 1.29 is 9.59 Å². The van der Waals surface area contributed by atoms with Crippen molar-refractivity contribution in [1.82, 2.24) is 10.6 Å². The molecule has 0 fully saturated rings. The highest BCUT2D eigenvalue weighted by molar-refractivity contribution is 9.10. The Bertz CT molecular complexity index is 539. The van der Waals surface area contributed by atoms with Crippen molar-refractivity contribution in [2.45, 2.75) is 13.3 Å². The zero-order valence-electron chi connectivity index (χ0n) is 11.9. The molecule has 112 valence electrons. The molecule has 0 aliphatic carbocycles. The zero-order valence-corrected chi connectivity index (χ0v) is 13.5. The summed E-state index contributed by atoms with van der Waals surface area (Å²) in [6.07, 6.45) is 7.48. The van der Waals surface area contributed by atoms with E-state index in [0.717, 1.165) is 4.47 Å². The quantitative estimate of drug-likeness (QED) is 0.451. The molecule has 2 amide bonds. The summed E-state index contributed by atoms with van der Waals surface area (Å²) in [5.74, 6) is -0.248. The maximum atomic E-state index is 11.8. The van der Waals surface area contributed by atoms with Crippen LogP contribution in [0.25, 0.3) is 0 Å². The molecule has 0 atom stereocenters. The second-order valence-corrected chi connectivity index (χ2v) is 5.21. The van der Waals surface area contributed by atoms with Gasteiger partial charge in [0.15, 0.2) is 0 Å². The van der Waals surface area contributed by atoms with Crippen molar-refractivity contribution in [3.63, 3.8) is 0 Å². The van der Waals surface area contributed by atoms with Gasteiger partial charge in [0.25, 0.3) is 5.91 Å². The highest BCUT2D eigenvalue weighted by Gasteiger charge is 2.04. The average Bonchev–Trinajstić information content (AvgIpc) is 2.47. The monoisotopic (exact) mass is 350 g/mol. The third-order valence-electron chi connectivity index (χ3n) is 2.58. The van der Waals surface area contributed by atoms with E-state index in [4.69, 9.17) is 0 Å². The molecule has 0 aromatic heterocycles. The summed E-state index contributed by atoms with van der Waals surface area (Å²) >= 11 is 3.33. The summed E-state index contributed by atoms with van der Waals surface area (Å²) < 4.78 is 0.871. The van der Waals surface area contributed by atoms with E-state index >= 15 is 0 Å². The van der Waals surface area contributed by atoms with Crippen molar-refractivity contribution in [3.8, 4) is 0 Å². The fourth-order valence-corrected chi connectivity index (χ4v) is 1.95. The van der Waals surface area contributed by atoms with Gasteiger partial charge in [0, 0.05) is 29.2 Å². The highest BCUT2D eigenvalue weighted by atomic mass is 79.9. The molecule has 21 heavy (non-hydrogen) atoms. The van der Waals surface area contributed by atoms with E-state index in [0.29, 0.717) is 25.1 Å². The Kier molecular flexibility index (Phi) is 8.12. The van der Waals surface area contributed by atoms with Gasteiger partial charge in [-0.25, -0.2) is 0 Å². The van der Waals surface area contributed by atoms with Crippen LogP contribution in [-0.4, -0.2) is 24.9 Å². The van der Waals surface area contributed by atoms with Crippen LogP contribution in [0.3, 0.4) is 0 Å². The van der Waals surface area contributed by atoms with Crippen LogP contribution in [-0.2, 0) is 4.79 Å². The van der Waals surface area contributed by atoms with E-state index in [2.05, 4.69) is 26.6 Å². The lowest BCUT2D eigenvalue weighted by Crippen LogP contribution is -2.29. The summed E-state index contributed by atoms with van der Waals surface area (Å²) in [6.45, 7) is 2.93. The maximum absolute atomic E-state index is 11.8. The van der Waals surface area contributed by atoms with Gasteiger partial charge in [0.2, 0.25) is 5.91 Å². The number of hydrogen-bond donors (Lipinski definition) is 2. The second-order valence-electron chi connectivity index (χ2n) is 4.30. The molecule has 0 spiro atoms. The minimum absolute atomic E-state index is 0.115. The van der Waals surface area contributed by atoms with Crippen LogP contribution in [0.2, 0.25) is 0 Å². The standard InChI is InChI=1S/C16H19BrN2O2/c1-2-3-4-9-15(20)18-10-6-11-19-16(21)13-7-5-8-14(17)12-13/h2-5,7-9,12H,6,10-11H2,1H3,(H,18,20)(H,19,21). The number of rotatable bonds is 7. The molecule has 0 aliphatic rings. The zero-order chi connectivity index (χ0) is 15.5. The van der Waals surface area contributed by atoms with E-state index in [1.165, 1.54) is 6.08 Å². The minimum atomic E-state index is -0.133. The Morgan fingerprint density at radius 3 is 2.67 bits per heavy atom. The Labute approximate surface area is 133 Å². The van der Waals surface area contributed by atoms with Crippen LogP contribution in [0.1, 0.15) is 23.7 Å². The van der Waals surface area contributed by atoms with Gasteiger partial charge in [-0.2, -0.15) is 0 Å². The molecule has 1 aromatic carbocycles. The molecule has 2 N–H and O–H groups in total. The molecule has 5 heteroatoms. The van der Waals surface area contributed by atoms with Crippen molar-refractivity contribution in [3.05, 3.63) is 58.6 Å². The molecule has 0 saturated heterocycles. The Morgan fingerprint density at radius 1 is 1.19 bits per heavy atom. The van der Waals surface area contributed by atoms with Crippen LogP contribution in [0.4, 0.5) is 0 Å². The molecule has 0 saturated carbocycles. The van der Waals surface area contributed by atoms with Crippen molar-refractivity contribution >= 4 is 27.7 Å². The predicted octanol–water partition coefficient (Wildman–Crippen LogP) is 2.82. The first-order valence-electron chi connectivity index (χ1n) is 6.74. The molecule has 1 rings (SSSR count). The molecule has 0 bridgehead atoms. The van der Waals surface area contributed by atoms with Gasteiger partial charge in [0.1, 0.15) is 0 Å². The number of carbonyl (C=O) groups is 2. The van der Waals surface area contributed by atoms with Crippen LogP contribution < -0.4 is 10.6 Å². The molecular weight excluding hydrogens is 332 g/mol. The molecule has 4 nitrogen and oxygen atoms in total. The molecule has 1 aromatic rings. The third kappa shape index (κ3) is 7.46. The number of halogens is 1. The number of amides is 2. The van der Waals surface area contributed by atoms with Crippen LogP contribution in [0.5, 0.6) is 0 Å². The van der Waals surface area contributed by atoms with Gasteiger partial charge in [-0.1, -0.05) is 40.2 Å². The fraction of sp³-hybridized carbons (Fsp3) is 0.250. The number of carbonyl (C=O) groups excluding carboxylic acids is 2. The van der Waals surface area contributed by atoms with E-state index in [-0.39, 0.29) is 11.8 Å². The lowest BCUT2D eigenvalue weighted by atomic mass is 10.2. The molecule has 0 radical (unpaired) electrons. The van der Waals surface area contributed by atoms with Crippen LogP contribution in [0.15, 0.2) is 53.0 Å². The molecule has 0 unspecified atom stereocenters. The summed E-state index contributed by atoms with van der Waals surface area (Å²) in [5.41, 5.74) is 0.614. The molecular formula is C16H19BrN2O2. The van der Waals surface area contributed by atoms with Gasteiger partial charge < -0.3 is 10.6 Å². The van der Waals surface area contributed by atoms with Gasteiger partial charge in [-0.3, -0.25) is 9.59 Å². The van der Waals surface area contributed by atoms with Crippen molar-refractivity contribution in [1.29, 1.82) is 0 Å². The SMILES string of the molecule is CC=CC=CC(=O)NCCCNC(=O)c1cccc(Br)c1. The van der Waals surface area contributed by atoms with E-state index in [9.17, 15) is 9.59 Å². The van der Waals surface area contributed by atoms with Gasteiger partial charge in [0.05, 0.1) is 0 Å². The topological polar surface area (TPSA) is 58.2 Å². The molecule has 0 heterocycles. The minimum Gasteiger partial charge on any atom is -0.352 e. The number of hydrogen-bond acceptors (Lipinski definition) is 2. The van der Waals surface area contributed by atoms with E-state index in [1.54, 1.807) is 24.3 Å². The first-order chi connectivity index (χ1) is 10.1. The second kappa shape index (κ2) is 9.94. The van der Waals surface area contributed by atoms with E-state index in [1.807, 2.05) is 25.1 Å². The van der Waals surface area contributed by atoms with E-state index < -0.39 is 0 Å². The third-order valence-corrected chi connectivity index (χ3v) is 3.07. The fourth-order valence-electron chi connectivity index (χ4n) is 1.55. The summed E-state index contributed by atoms with van der Waals surface area (Å²) in [7, 11) is 0. The van der Waals surface area contributed by atoms with Gasteiger partial charge in [-0.05, 0) is 31.5 Å². The average molecular weight is 351 g/mol. The number of allylic oxidation sites excluding steroid dienone is 3. The van der Waals surface area contributed by atoms with Crippen LogP contribution in [0, 0.1) is 0 Å². The summed E-state index contributed by atoms with van der Waals surface area (Å²) in [5, 5.41) is 5.56. The highest BCUT2D eigenvalue weighted by Crippen LogP contribution is 2.11. The Balaban J connectivity index is 2.19. The van der Waals surface area contributed by atoms with Crippen molar-refractivity contribution in [2.24, 2.45) is 0 Å². The van der Waals surface area contributed by atoms with Gasteiger partial charge >= 0.3 is 0 Å².